The third-order valence-corrected chi connectivity index (χ3v) is 2.24. The molecule has 0 aromatic heterocycles. The predicted molar refractivity (Wildman–Crippen MR) is 35.6 cm³/mol. The fourth-order valence-corrected chi connectivity index (χ4v) is 1.38. The van der Waals surface area contributed by atoms with Gasteiger partial charge >= 0.3 is 0 Å². The van der Waals surface area contributed by atoms with E-state index in [0.29, 0.717) is 11.8 Å². The molecule has 0 radical (unpaired) electrons. The second-order valence-corrected chi connectivity index (χ2v) is 2.58. The molecule has 0 spiro atoms. The van der Waals surface area contributed by atoms with E-state index in [1.807, 2.05) is 0 Å². The van der Waals surface area contributed by atoms with E-state index in [0.717, 1.165) is 6.42 Å². The maximum Gasteiger partial charge on any atom is 0.172 e. The lowest BCUT2D eigenvalue weighted by Crippen LogP contribution is -2.17. The molecular weight excluding hydrogens is 140 g/mol. The van der Waals surface area contributed by atoms with Gasteiger partial charge in [-0.05, 0) is 0 Å². The van der Waals surface area contributed by atoms with Crippen LogP contribution in [-0.2, 0) is 9.47 Å². The number of ether oxygens (including phenoxy) is 2. The minimum absolute atomic E-state index is 0.332. The van der Waals surface area contributed by atoms with Gasteiger partial charge in [0.2, 0.25) is 0 Å². The lowest BCUT2D eigenvalue weighted by molar-refractivity contribution is -0.137. The topological polar surface area (TPSA) is 18.5 Å². The second-order valence-electron chi connectivity index (χ2n) is 2.28. The number of hydrogen-bond acceptors (Lipinski definition) is 2. The number of halogens is 1. The van der Waals surface area contributed by atoms with Crippen molar-refractivity contribution < 1.29 is 9.47 Å². The fourth-order valence-electron chi connectivity index (χ4n) is 1.04. The van der Waals surface area contributed by atoms with E-state index < -0.39 is 0 Å². The van der Waals surface area contributed by atoms with Crippen LogP contribution in [0.3, 0.4) is 0 Å². The van der Waals surface area contributed by atoms with E-state index in [-0.39, 0.29) is 5.79 Å². The zero-order valence-corrected chi connectivity index (χ0v) is 6.44. The standard InChI is InChI=1S/C6H11ClO2/c1-8-6(9-2)3-5(6)4-7/h5H,3-4H2,1-2H3. The van der Waals surface area contributed by atoms with Gasteiger partial charge in [-0.15, -0.1) is 11.6 Å². The summed E-state index contributed by atoms with van der Waals surface area (Å²) in [4.78, 5) is 0. The molecule has 0 heterocycles. The van der Waals surface area contributed by atoms with Gasteiger partial charge in [-0.3, -0.25) is 0 Å². The van der Waals surface area contributed by atoms with Crippen LogP contribution >= 0.6 is 11.6 Å². The molecule has 1 unspecified atom stereocenters. The zero-order chi connectivity index (χ0) is 6.91. The van der Waals surface area contributed by atoms with Crippen LogP contribution in [-0.4, -0.2) is 25.9 Å². The largest absolute Gasteiger partial charge is 0.353 e. The molecule has 0 aromatic carbocycles. The first-order chi connectivity index (χ1) is 4.29. The predicted octanol–water partition coefficient (Wildman–Crippen LogP) is 1.23. The van der Waals surface area contributed by atoms with Crippen LogP contribution < -0.4 is 0 Å². The molecular formula is C6H11ClO2. The van der Waals surface area contributed by atoms with Crippen molar-refractivity contribution in [2.45, 2.75) is 12.2 Å². The Morgan fingerprint density at radius 2 is 2.11 bits per heavy atom. The number of alkyl halides is 1. The summed E-state index contributed by atoms with van der Waals surface area (Å²) in [5.41, 5.74) is 0. The summed E-state index contributed by atoms with van der Waals surface area (Å²) >= 11 is 5.58. The van der Waals surface area contributed by atoms with Gasteiger partial charge in [0.15, 0.2) is 5.79 Å². The van der Waals surface area contributed by atoms with Crippen molar-refractivity contribution in [2.75, 3.05) is 20.1 Å². The number of methoxy groups -OCH3 is 2. The van der Waals surface area contributed by atoms with E-state index in [1.54, 1.807) is 14.2 Å². The van der Waals surface area contributed by atoms with Crippen molar-refractivity contribution in [3.63, 3.8) is 0 Å². The Labute approximate surface area is 60.1 Å². The average Bonchev–Trinajstić information content (AvgIpc) is 2.63. The van der Waals surface area contributed by atoms with E-state index in [2.05, 4.69) is 0 Å². The van der Waals surface area contributed by atoms with Crippen molar-refractivity contribution in [3.05, 3.63) is 0 Å². The fraction of sp³-hybridized carbons (Fsp3) is 1.00. The van der Waals surface area contributed by atoms with Crippen molar-refractivity contribution in [2.24, 2.45) is 5.92 Å². The Morgan fingerprint density at radius 3 is 2.22 bits per heavy atom. The molecule has 9 heavy (non-hydrogen) atoms. The average molecular weight is 151 g/mol. The maximum absolute atomic E-state index is 5.58. The molecule has 0 N–H and O–H groups in total. The molecule has 1 fully saturated rings. The lowest BCUT2D eigenvalue weighted by Gasteiger charge is -2.11. The van der Waals surface area contributed by atoms with Gasteiger partial charge in [0, 0.05) is 32.4 Å². The van der Waals surface area contributed by atoms with Crippen molar-refractivity contribution >= 4 is 11.6 Å². The maximum atomic E-state index is 5.58. The molecule has 1 atom stereocenters. The smallest absolute Gasteiger partial charge is 0.172 e. The minimum atomic E-state index is -0.332. The van der Waals surface area contributed by atoms with Gasteiger partial charge in [0.05, 0.1) is 0 Å². The van der Waals surface area contributed by atoms with Gasteiger partial charge in [0.1, 0.15) is 0 Å². The molecule has 1 aliphatic rings. The molecule has 1 aliphatic carbocycles. The second kappa shape index (κ2) is 2.45. The van der Waals surface area contributed by atoms with Crippen molar-refractivity contribution in [1.29, 1.82) is 0 Å². The highest BCUT2D eigenvalue weighted by Gasteiger charge is 2.55. The molecule has 2 nitrogen and oxygen atoms in total. The third kappa shape index (κ3) is 1.07. The molecule has 0 aromatic rings. The summed E-state index contributed by atoms with van der Waals surface area (Å²) in [5, 5.41) is 0. The summed E-state index contributed by atoms with van der Waals surface area (Å²) < 4.78 is 10.2. The van der Waals surface area contributed by atoms with Crippen molar-refractivity contribution in [3.8, 4) is 0 Å². The molecule has 1 rings (SSSR count). The summed E-state index contributed by atoms with van der Waals surface area (Å²) in [6, 6.07) is 0. The minimum Gasteiger partial charge on any atom is -0.353 e. The first-order valence-electron chi connectivity index (χ1n) is 2.95. The van der Waals surface area contributed by atoms with Crippen LogP contribution in [0.5, 0.6) is 0 Å². The van der Waals surface area contributed by atoms with Crippen LogP contribution in [0.1, 0.15) is 6.42 Å². The molecule has 0 bridgehead atoms. The highest BCUT2D eigenvalue weighted by atomic mass is 35.5. The van der Waals surface area contributed by atoms with Gasteiger partial charge in [-0.2, -0.15) is 0 Å². The first-order valence-corrected chi connectivity index (χ1v) is 3.49. The third-order valence-electron chi connectivity index (χ3n) is 1.87. The molecule has 3 heteroatoms. The molecule has 0 saturated heterocycles. The normalized spacial score (nSPS) is 30.3. The van der Waals surface area contributed by atoms with Gasteiger partial charge in [-0.25, -0.2) is 0 Å². The van der Waals surface area contributed by atoms with Crippen molar-refractivity contribution in [1.82, 2.24) is 0 Å². The Bertz CT molecular complexity index is 101. The summed E-state index contributed by atoms with van der Waals surface area (Å²) in [5.74, 6) is 0.692. The van der Waals surface area contributed by atoms with Gasteiger partial charge in [-0.1, -0.05) is 0 Å². The highest BCUT2D eigenvalue weighted by molar-refractivity contribution is 6.18. The van der Waals surface area contributed by atoms with E-state index in [1.165, 1.54) is 0 Å². The molecule has 0 aliphatic heterocycles. The lowest BCUT2D eigenvalue weighted by atomic mass is 10.5. The number of hydrogen-bond donors (Lipinski definition) is 0. The summed E-state index contributed by atoms with van der Waals surface area (Å²) in [7, 11) is 3.30. The first kappa shape index (κ1) is 7.32. The Morgan fingerprint density at radius 1 is 1.56 bits per heavy atom. The van der Waals surface area contributed by atoms with Crippen LogP contribution in [0.15, 0.2) is 0 Å². The van der Waals surface area contributed by atoms with Gasteiger partial charge < -0.3 is 9.47 Å². The van der Waals surface area contributed by atoms with Crippen LogP contribution in [0.25, 0.3) is 0 Å². The SMILES string of the molecule is COC1(OC)CC1CCl. The Balaban J connectivity index is 2.37. The number of rotatable bonds is 3. The monoisotopic (exact) mass is 150 g/mol. The summed E-state index contributed by atoms with van der Waals surface area (Å²) in [6.07, 6.45) is 0.934. The van der Waals surface area contributed by atoms with E-state index in [4.69, 9.17) is 21.1 Å². The van der Waals surface area contributed by atoms with E-state index in [9.17, 15) is 0 Å². The Hall–Kier alpha value is 0.210. The Kier molecular flexibility index (Phi) is 1.99. The molecule has 0 amide bonds. The molecule has 54 valence electrons. The van der Waals surface area contributed by atoms with E-state index >= 15 is 0 Å². The van der Waals surface area contributed by atoms with Crippen LogP contribution in [0.4, 0.5) is 0 Å². The highest BCUT2D eigenvalue weighted by Crippen LogP contribution is 2.47. The van der Waals surface area contributed by atoms with Crippen LogP contribution in [0.2, 0.25) is 0 Å². The van der Waals surface area contributed by atoms with Crippen LogP contribution in [0, 0.1) is 5.92 Å². The zero-order valence-electron chi connectivity index (χ0n) is 5.69. The quantitative estimate of drug-likeness (QED) is 0.445. The van der Waals surface area contributed by atoms with Gasteiger partial charge in [0.25, 0.3) is 0 Å². The summed E-state index contributed by atoms with van der Waals surface area (Å²) in [6.45, 7) is 0. The molecule has 1 saturated carbocycles.